The minimum Gasteiger partial charge on any atom is -0.256 e. The van der Waals surface area contributed by atoms with Gasteiger partial charge in [-0.2, -0.15) is 0 Å². The Kier molecular flexibility index (Phi) is 3.50. The van der Waals surface area contributed by atoms with E-state index in [9.17, 15) is 0 Å². The van der Waals surface area contributed by atoms with Gasteiger partial charge in [0, 0.05) is 11.6 Å². The molecule has 0 atom stereocenters. The lowest BCUT2D eigenvalue weighted by atomic mass is 9.96. The van der Waals surface area contributed by atoms with Crippen LogP contribution in [0.2, 0.25) is 0 Å². The molecule has 5 aromatic rings. The maximum Gasteiger partial charge on any atom is 0.0714 e. The molecule has 0 heterocycles. The van der Waals surface area contributed by atoms with Crippen LogP contribution in [-0.4, -0.2) is 6.21 Å². The van der Waals surface area contributed by atoms with Crippen molar-refractivity contribution in [2.24, 2.45) is 4.99 Å². The van der Waals surface area contributed by atoms with E-state index in [1.54, 1.807) is 0 Å². The third-order valence-electron chi connectivity index (χ3n) is 4.90. The van der Waals surface area contributed by atoms with Gasteiger partial charge in [-0.25, -0.2) is 0 Å². The summed E-state index contributed by atoms with van der Waals surface area (Å²) in [4.78, 5) is 4.84. The highest BCUT2D eigenvalue weighted by Gasteiger charge is 2.08. The zero-order chi connectivity index (χ0) is 17.3. The molecule has 0 aromatic heterocycles. The van der Waals surface area contributed by atoms with Crippen LogP contribution < -0.4 is 0 Å². The van der Waals surface area contributed by atoms with E-state index in [1.165, 1.54) is 32.3 Å². The second kappa shape index (κ2) is 6.12. The van der Waals surface area contributed by atoms with E-state index in [2.05, 4.69) is 78.9 Å². The minimum absolute atomic E-state index is 1.01. The molecule has 0 fully saturated rings. The first-order valence-electron chi connectivity index (χ1n) is 8.82. The van der Waals surface area contributed by atoms with E-state index in [0.717, 1.165) is 11.3 Å². The number of fused-ring (bicyclic) bond motifs is 5. The molecule has 0 bridgehead atoms. The van der Waals surface area contributed by atoms with Crippen molar-refractivity contribution in [3.8, 4) is 0 Å². The molecule has 0 unspecified atom stereocenters. The SMILES string of the molecule is C(=Nc1cc2c3ccccc3ccc2c2ccccc12)c1ccccc1. The van der Waals surface area contributed by atoms with Crippen molar-refractivity contribution < 1.29 is 0 Å². The third kappa shape index (κ3) is 2.46. The van der Waals surface area contributed by atoms with E-state index in [1.807, 2.05) is 24.4 Å². The molecular weight excluding hydrogens is 314 g/mol. The van der Waals surface area contributed by atoms with Gasteiger partial charge in [-0.15, -0.1) is 0 Å². The Hall–Kier alpha value is -3.45. The van der Waals surface area contributed by atoms with Crippen molar-refractivity contribution in [1.82, 2.24) is 0 Å². The Labute approximate surface area is 152 Å². The number of benzene rings is 5. The van der Waals surface area contributed by atoms with E-state index in [0.29, 0.717) is 0 Å². The Balaban J connectivity index is 1.83. The van der Waals surface area contributed by atoms with Crippen molar-refractivity contribution in [2.75, 3.05) is 0 Å². The van der Waals surface area contributed by atoms with Gasteiger partial charge in [0.05, 0.1) is 5.69 Å². The van der Waals surface area contributed by atoms with Crippen LogP contribution in [0.4, 0.5) is 5.69 Å². The largest absolute Gasteiger partial charge is 0.256 e. The summed E-state index contributed by atoms with van der Waals surface area (Å²) in [7, 11) is 0. The molecule has 1 heteroatoms. The third-order valence-corrected chi connectivity index (χ3v) is 4.90. The van der Waals surface area contributed by atoms with Crippen LogP contribution in [0.5, 0.6) is 0 Å². The summed E-state index contributed by atoms with van der Waals surface area (Å²) >= 11 is 0. The molecule has 0 aliphatic carbocycles. The molecule has 0 spiro atoms. The normalized spacial score (nSPS) is 11.7. The predicted molar refractivity (Wildman–Crippen MR) is 113 cm³/mol. The lowest BCUT2D eigenvalue weighted by Gasteiger charge is -2.10. The van der Waals surface area contributed by atoms with Crippen LogP contribution in [0, 0.1) is 0 Å². The predicted octanol–water partition coefficient (Wildman–Crippen LogP) is 6.90. The first-order chi connectivity index (χ1) is 12.9. The molecule has 0 radical (unpaired) electrons. The molecular formula is C25H17N. The lowest BCUT2D eigenvalue weighted by molar-refractivity contribution is 1.58. The second-order valence-corrected chi connectivity index (χ2v) is 6.49. The van der Waals surface area contributed by atoms with Crippen LogP contribution in [0.15, 0.2) is 102 Å². The number of rotatable bonds is 2. The Morgan fingerprint density at radius 2 is 1.15 bits per heavy atom. The lowest BCUT2D eigenvalue weighted by Crippen LogP contribution is -1.83. The zero-order valence-corrected chi connectivity index (χ0v) is 14.3. The fourth-order valence-electron chi connectivity index (χ4n) is 3.63. The molecule has 5 rings (SSSR count). The second-order valence-electron chi connectivity index (χ2n) is 6.49. The molecule has 0 aliphatic heterocycles. The van der Waals surface area contributed by atoms with Gasteiger partial charge in [-0.3, -0.25) is 4.99 Å². The molecule has 0 aliphatic rings. The van der Waals surface area contributed by atoms with Crippen molar-refractivity contribution >= 4 is 44.2 Å². The van der Waals surface area contributed by atoms with Gasteiger partial charge in [0.2, 0.25) is 0 Å². The van der Waals surface area contributed by atoms with Gasteiger partial charge in [-0.05, 0) is 38.6 Å². The Morgan fingerprint density at radius 3 is 2.00 bits per heavy atom. The smallest absolute Gasteiger partial charge is 0.0714 e. The molecule has 122 valence electrons. The van der Waals surface area contributed by atoms with Crippen LogP contribution >= 0.6 is 0 Å². The highest BCUT2D eigenvalue weighted by molar-refractivity contribution is 6.20. The van der Waals surface area contributed by atoms with Crippen LogP contribution in [0.3, 0.4) is 0 Å². The Morgan fingerprint density at radius 1 is 0.500 bits per heavy atom. The van der Waals surface area contributed by atoms with E-state index in [4.69, 9.17) is 4.99 Å². The average molecular weight is 331 g/mol. The summed E-state index contributed by atoms with van der Waals surface area (Å²) in [5, 5.41) is 7.48. The maximum atomic E-state index is 4.84. The van der Waals surface area contributed by atoms with Crippen LogP contribution in [0.1, 0.15) is 5.56 Å². The topological polar surface area (TPSA) is 12.4 Å². The number of nitrogens with zero attached hydrogens (tertiary/aromatic N) is 1. The summed E-state index contributed by atoms with van der Waals surface area (Å²) in [6, 6.07) is 34.0. The monoisotopic (exact) mass is 331 g/mol. The van der Waals surface area contributed by atoms with Crippen molar-refractivity contribution in [2.45, 2.75) is 0 Å². The van der Waals surface area contributed by atoms with Gasteiger partial charge in [0.1, 0.15) is 0 Å². The quantitative estimate of drug-likeness (QED) is 0.246. The molecule has 0 amide bonds. The number of aliphatic imine (C=N–C) groups is 1. The molecule has 5 aromatic carbocycles. The summed E-state index contributed by atoms with van der Waals surface area (Å²) < 4.78 is 0. The van der Waals surface area contributed by atoms with E-state index < -0.39 is 0 Å². The van der Waals surface area contributed by atoms with Crippen molar-refractivity contribution in [3.63, 3.8) is 0 Å². The van der Waals surface area contributed by atoms with Gasteiger partial charge in [-0.1, -0.05) is 91.0 Å². The van der Waals surface area contributed by atoms with E-state index in [-0.39, 0.29) is 0 Å². The van der Waals surface area contributed by atoms with Crippen LogP contribution in [0.25, 0.3) is 32.3 Å². The average Bonchev–Trinajstić information content (AvgIpc) is 2.72. The highest BCUT2D eigenvalue weighted by Crippen LogP contribution is 2.37. The first kappa shape index (κ1) is 14.9. The van der Waals surface area contributed by atoms with Crippen LogP contribution in [-0.2, 0) is 0 Å². The standard InChI is InChI=1S/C25H17N/c1-2-8-18(9-3-1)17-26-25-16-24-20-11-5-4-10-19(20)14-15-22(24)21-12-6-7-13-23(21)25/h1-17H. The maximum absolute atomic E-state index is 4.84. The van der Waals surface area contributed by atoms with Gasteiger partial charge in [0.25, 0.3) is 0 Å². The summed E-state index contributed by atoms with van der Waals surface area (Å²) in [6.45, 7) is 0. The summed E-state index contributed by atoms with van der Waals surface area (Å²) in [6.07, 6.45) is 1.94. The summed E-state index contributed by atoms with van der Waals surface area (Å²) in [5.74, 6) is 0. The van der Waals surface area contributed by atoms with Gasteiger partial charge < -0.3 is 0 Å². The minimum atomic E-state index is 1.01. The van der Waals surface area contributed by atoms with Crippen molar-refractivity contribution in [3.05, 3.63) is 103 Å². The zero-order valence-electron chi connectivity index (χ0n) is 14.3. The molecule has 26 heavy (non-hydrogen) atoms. The summed E-state index contributed by atoms with van der Waals surface area (Å²) in [5.41, 5.74) is 2.11. The van der Waals surface area contributed by atoms with Crippen molar-refractivity contribution in [1.29, 1.82) is 0 Å². The first-order valence-corrected chi connectivity index (χ1v) is 8.82. The highest BCUT2D eigenvalue weighted by atomic mass is 14.7. The molecule has 1 nitrogen and oxygen atoms in total. The Bertz CT molecular complexity index is 1270. The molecule has 0 saturated carbocycles. The number of hydrogen-bond acceptors (Lipinski definition) is 1. The fourth-order valence-corrected chi connectivity index (χ4v) is 3.63. The van der Waals surface area contributed by atoms with Gasteiger partial charge in [0.15, 0.2) is 0 Å². The van der Waals surface area contributed by atoms with Gasteiger partial charge >= 0.3 is 0 Å². The molecule has 0 N–H and O–H groups in total. The number of hydrogen-bond donors (Lipinski definition) is 0. The van der Waals surface area contributed by atoms with E-state index >= 15 is 0 Å². The fraction of sp³-hybridized carbons (Fsp3) is 0. The molecule has 0 saturated heterocycles.